The van der Waals surface area contributed by atoms with Gasteiger partial charge in [-0.1, -0.05) is 27.4 Å². The smallest absolute Gasteiger partial charge is 0.226 e. The zero-order valence-electron chi connectivity index (χ0n) is 8.05. The quantitative estimate of drug-likeness (QED) is 0.616. The van der Waals surface area contributed by atoms with Crippen LogP contribution in [-0.4, -0.2) is 17.9 Å². The average molecular weight is 157 g/mol. The zero-order chi connectivity index (χ0) is 9.28. The second kappa shape index (κ2) is 9.21. The van der Waals surface area contributed by atoms with Crippen LogP contribution in [0.15, 0.2) is 12.8 Å². The first-order valence-corrected chi connectivity index (χ1v) is 4.10. The van der Waals surface area contributed by atoms with Crippen molar-refractivity contribution in [1.82, 2.24) is 4.90 Å². The van der Waals surface area contributed by atoms with Gasteiger partial charge in [-0.3, -0.25) is 4.79 Å². The second-order valence-electron chi connectivity index (χ2n) is 1.94. The molecule has 11 heavy (non-hydrogen) atoms. The maximum absolute atomic E-state index is 10.8. The van der Waals surface area contributed by atoms with Gasteiger partial charge in [-0.2, -0.15) is 0 Å². The van der Waals surface area contributed by atoms with E-state index in [1.54, 1.807) is 7.05 Å². The van der Waals surface area contributed by atoms with Crippen molar-refractivity contribution >= 4 is 5.91 Å². The van der Waals surface area contributed by atoms with E-state index >= 15 is 0 Å². The highest BCUT2D eigenvalue weighted by Crippen LogP contribution is 1.93. The summed E-state index contributed by atoms with van der Waals surface area (Å²) in [5, 5.41) is 0. The summed E-state index contributed by atoms with van der Waals surface area (Å²) in [6, 6.07) is 0. The Hall–Kier alpha value is -0.790. The first kappa shape index (κ1) is 12.8. The van der Waals surface area contributed by atoms with Crippen LogP contribution in [0.5, 0.6) is 0 Å². The van der Waals surface area contributed by atoms with Gasteiger partial charge in [-0.15, -0.1) is 0 Å². The van der Waals surface area contributed by atoms with Gasteiger partial charge in [0.25, 0.3) is 0 Å². The van der Waals surface area contributed by atoms with Crippen molar-refractivity contribution < 1.29 is 4.79 Å². The fourth-order valence-electron chi connectivity index (χ4n) is 0.492. The molecule has 0 rings (SSSR count). The molecule has 0 heterocycles. The van der Waals surface area contributed by atoms with Crippen molar-refractivity contribution in [2.24, 2.45) is 0 Å². The Labute approximate surface area is 69.9 Å². The van der Waals surface area contributed by atoms with Crippen LogP contribution in [0, 0.1) is 0 Å². The van der Waals surface area contributed by atoms with Crippen LogP contribution in [0.1, 0.15) is 33.6 Å². The molecule has 0 aliphatic carbocycles. The van der Waals surface area contributed by atoms with E-state index in [1.165, 1.54) is 11.1 Å². The minimum Gasteiger partial charge on any atom is -0.323 e. The molecule has 0 fully saturated rings. The van der Waals surface area contributed by atoms with Gasteiger partial charge < -0.3 is 4.90 Å². The van der Waals surface area contributed by atoms with Crippen molar-refractivity contribution in [2.45, 2.75) is 33.6 Å². The Morgan fingerprint density at radius 1 is 1.55 bits per heavy atom. The Morgan fingerprint density at radius 2 is 2.00 bits per heavy atom. The van der Waals surface area contributed by atoms with Gasteiger partial charge >= 0.3 is 0 Å². The van der Waals surface area contributed by atoms with E-state index in [0.29, 0.717) is 6.42 Å². The van der Waals surface area contributed by atoms with Gasteiger partial charge in [-0.05, 0) is 12.6 Å². The van der Waals surface area contributed by atoms with E-state index in [0.717, 1.165) is 6.42 Å². The molecule has 66 valence electrons. The highest BCUT2D eigenvalue weighted by Gasteiger charge is 2.00. The second-order valence-corrected chi connectivity index (χ2v) is 1.94. The molecule has 0 aromatic carbocycles. The number of rotatable bonds is 3. The molecule has 0 aromatic heterocycles. The summed E-state index contributed by atoms with van der Waals surface area (Å²) >= 11 is 0. The molecule has 0 saturated heterocycles. The minimum atomic E-state index is 0.132. The predicted molar refractivity (Wildman–Crippen MR) is 49.2 cm³/mol. The summed E-state index contributed by atoms with van der Waals surface area (Å²) in [4.78, 5) is 12.3. The standard InChI is InChI=1S/C7H13NO.C2H6/c1-4-6-7(9)8(3)5-2;1-2/h5H,2,4,6H2,1,3H3;1-2H3. The van der Waals surface area contributed by atoms with Crippen molar-refractivity contribution in [1.29, 1.82) is 0 Å². The third kappa shape index (κ3) is 7.10. The number of hydrogen-bond acceptors (Lipinski definition) is 1. The Balaban J connectivity index is 0. The molecule has 0 unspecified atom stereocenters. The number of amides is 1. The Morgan fingerprint density at radius 3 is 2.27 bits per heavy atom. The SMILES string of the molecule is C=CN(C)C(=O)CCC.CC. The third-order valence-electron chi connectivity index (χ3n) is 1.13. The molecule has 0 spiro atoms. The van der Waals surface area contributed by atoms with Gasteiger partial charge in [0.1, 0.15) is 0 Å². The number of hydrogen-bond donors (Lipinski definition) is 0. The van der Waals surface area contributed by atoms with E-state index in [2.05, 4.69) is 6.58 Å². The van der Waals surface area contributed by atoms with Gasteiger partial charge in [0.15, 0.2) is 0 Å². The molecule has 0 radical (unpaired) electrons. The van der Waals surface area contributed by atoms with Gasteiger partial charge in [0, 0.05) is 13.5 Å². The van der Waals surface area contributed by atoms with E-state index in [-0.39, 0.29) is 5.91 Å². The molecule has 0 aromatic rings. The van der Waals surface area contributed by atoms with Crippen LogP contribution in [0.4, 0.5) is 0 Å². The number of nitrogens with zero attached hydrogens (tertiary/aromatic N) is 1. The van der Waals surface area contributed by atoms with E-state index in [9.17, 15) is 4.79 Å². The normalized spacial score (nSPS) is 7.64. The predicted octanol–water partition coefficient (Wildman–Crippen LogP) is 2.41. The fourth-order valence-corrected chi connectivity index (χ4v) is 0.492. The van der Waals surface area contributed by atoms with Gasteiger partial charge in [-0.25, -0.2) is 0 Å². The lowest BCUT2D eigenvalue weighted by atomic mass is 10.3. The fraction of sp³-hybridized carbons (Fsp3) is 0.667. The molecule has 0 bridgehead atoms. The highest BCUT2D eigenvalue weighted by atomic mass is 16.2. The Bertz CT molecular complexity index is 110. The molecule has 0 aliphatic heterocycles. The Kier molecular flexibility index (Phi) is 10.8. The molecule has 0 atom stereocenters. The lowest BCUT2D eigenvalue weighted by molar-refractivity contribution is -0.127. The number of carbonyl (C=O) groups is 1. The van der Waals surface area contributed by atoms with Crippen molar-refractivity contribution in [3.05, 3.63) is 12.8 Å². The molecule has 0 saturated carbocycles. The van der Waals surface area contributed by atoms with E-state index in [1.807, 2.05) is 20.8 Å². The summed E-state index contributed by atoms with van der Waals surface area (Å²) in [6.45, 7) is 9.45. The lowest BCUT2D eigenvalue weighted by Gasteiger charge is -2.08. The van der Waals surface area contributed by atoms with Crippen molar-refractivity contribution in [3.63, 3.8) is 0 Å². The maximum Gasteiger partial charge on any atom is 0.226 e. The molecule has 0 N–H and O–H groups in total. The van der Waals surface area contributed by atoms with Crippen LogP contribution in [0.3, 0.4) is 0 Å². The monoisotopic (exact) mass is 157 g/mol. The van der Waals surface area contributed by atoms with Crippen molar-refractivity contribution in [3.8, 4) is 0 Å². The largest absolute Gasteiger partial charge is 0.323 e. The summed E-state index contributed by atoms with van der Waals surface area (Å²) < 4.78 is 0. The summed E-state index contributed by atoms with van der Waals surface area (Å²) in [6.07, 6.45) is 3.04. The van der Waals surface area contributed by atoms with Crippen LogP contribution < -0.4 is 0 Å². The first-order valence-electron chi connectivity index (χ1n) is 4.10. The van der Waals surface area contributed by atoms with Gasteiger partial charge in [0.2, 0.25) is 5.91 Å². The molecule has 0 aliphatic rings. The maximum atomic E-state index is 10.8. The third-order valence-corrected chi connectivity index (χ3v) is 1.13. The molecule has 2 nitrogen and oxygen atoms in total. The first-order chi connectivity index (χ1) is 5.22. The minimum absolute atomic E-state index is 0.132. The molecule has 1 amide bonds. The van der Waals surface area contributed by atoms with Crippen LogP contribution in [0.2, 0.25) is 0 Å². The molecular weight excluding hydrogens is 138 g/mol. The summed E-state index contributed by atoms with van der Waals surface area (Å²) in [7, 11) is 1.71. The average Bonchev–Trinajstić information content (AvgIpc) is 2.07. The van der Waals surface area contributed by atoms with Crippen LogP contribution in [-0.2, 0) is 4.79 Å². The molecular formula is C9H19NO. The van der Waals surface area contributed by atoms with Crippen LogP contribution >= 0.6 is 0 Å². The molecule has 2 heteroatoms. The highest BCUT2D eigenvalue weighted by molar-refractivity contribution is 5.76. The van der Waals surface area contributed by atoms with Gasteiger partial charge in [0.05, 0.1) is 0 Å². The summed E-state index contributed by atoms with van der Waals surface area (Å²) in [5.41, 5.74) is 0. The van der Waals surface area contributed by atoms with Crippen molar-refractivity contribution in [2.75, 3.05) is 7.05 Å². The summed E-state index contributed by atoms with van der Waals surface area (Å²) in [5.74, 6) is 0.132. The topological polar surface area (TPSA) is 20.3 Å². The van der Waals surface area contributed by atoms with Crippen LogP contribution in [0.25, 0.3) is 0 Å². The van der Waals surface area contributed by atoms with E-state index < -0.39 is 0 Å². The zero-order valence-corrected chi connectivity index (χ0v) is 8.05. The lowest BCUT2D eigenvalue weighted by Crippen LogP contribution is -2.19. The number of carbonyl (C=O) groups excluding carboxylic acids is 1. The van der Waals surface area contributed by atoms with E-state index in [4.69, 9.17) is 0 Å².